The van der Waals surface area contributed by atoms with Gasteiger partial charge in [-0.2, -0.15) is 0 Å². The Morgan fingerprint density at radius 3 is 2.92 bits per heavy atom. The van der Waals surface area contributed by atoms with Gasteiger partial charge in [-0.05, 0) is 36.8 Å². The number of carbonyl (C=O) groups is 2. The summed E-state index contributed by atoms with van der Waals surface area (Å²) < 4.78 is 5.64. The molecule has 0 aromatic heterocycles. The maximum Gasteiger partial charge on any atom is 0.231 e. The number of benzene rings is 2. The Morgan fingerprint density at radius 1 is 1.29 bits per heavy atom. The van der Waals surface area contributed by atoms with Gasteiger partial charge in [0.05, 0.1) is 11.6 Å². The van der Waals surface area contributed by atoms with Crippen LogP contribution in [0.15, 0.2) is 42.5 Å². The summed E-state index contributed by atoms with van der Waals surface area (Å²) in [5.74, 6) is -0.427. The van der Waals surface area contributed by atoms with Crippen molar-refractivity contribution in [2.75, 3.05) is 17.2 Å². The first-order valence-electron chi connectivity index (χ1n) is 7.62. The van der Waals surface area contributed by atoms with Crippen molar-refractivity contribution in [3.8, 4) is 5.75 Å². The average Bonchev–Trinajstić information content (AvgIpc) is 2.71. The van der Waals surface area contributed by atoms with Crippen molar-refractivity contribution in [2.45, 2.75) is 13.3 Å². The molecule has 0 aliphatic carbocycles. The molecule has 0 fully saturated rings. The second-order valence-corrected chi connectivity index (χ2v) is 6.07. The molecule has 1 unspecified atom stereocenters. The van der Waals surface area contributed by atoms with E-state index < -0.39 is 5.92 Å². The molecule has 1 atom stereocenters. The van der Waals surface area contributed by atoms with Crippen LogP contribution in [0.1, 0.15) is 12.0 Å². The van der Waals surface area contributed by atoms with Crippen LogP contribution in [0.5, 0.6) is 5.75 Å². The van der Waals surface area contributed by atoms with Crippen LogP contribution in [-0.4, -0.2) is 18.4 Å². The topological polar surface area (TPSA) is 67.4 Å². The number of nitrogens with one attached hydrogen (secondary N) is 2. The molecular weight excluding hydrogens is 328 g/mol. The number of fused-ring (bicyclic) bond motifs is 1. The molecule has 5 nitrogen and oxygen atoms in total. The molecule has 3 rings (SSSR count). The van der Waals surface area contributed by atoms with E-state index in [4.69, 9.17) is 16.3 Å². The molecule has 124 valence electrons. The first-order valence-corrected chi connectivity index (χ1v) is 8.00. The van der Waals surface area contributed by atoms with Crippen LogP contribution in [0.3, 0.4) is 0 Å². The summed E-state index contributed by atoms with van der Waals surface area (Å²) in [7, 11) is 0. The van der Waals surface area contributed by atoms with Crippen LogP contribution in [-0.2, 0) is 9.59 Å². The van der Waals surface area contributed by atoms with Crippen molar-refractivity contribution in [1.82, 2.24) is 0 Å². The zero-order valence-electron chi connectivity index (χ0n) is 13.1. The third-order valence-electron chi connectivity index (χ3n) is 3.93. The Kier molecular flexibility index (Phi) is 4.71. The lowest BCUT2D eigenvalue weighted by Crippen LogP contribution is -2.29. The van der Waals surface area contributed by atoms with E-state index >= 15 is 0 Å². The van der Waals surface area contributed by atoms with Crippen molar-refractivity contribution >= 4 is 34.8 Å². The SMILES string of the molecule is Cc1c(Cl)cccc1NC(=O)CC1COc2ccccc2NC1=O. The Balaban J connectivity index is 1.67. The highest BCUT2D eigenvalue weighted by Gasteiger charge is 2.27. The molecule has 1 heterocycles. The monoisotopic (exact) mass is 344 g/mol. The number of anilines is 2. The van der Waals surface area contributed by atoms with E-state index in [1.807, 2.05) is 19.1 Å². The summed E-state index contributed by atoms with van der Waals surface area (Å²) in [5, 5.41) is 6.18. The molecule has 0 saturated heterocycles. The molecule has 1 aliphatic heterocycles. The molecule has 0 bridgehead atoms. The molecule has 2 N–H and O–H groups in total. The molecule has 2 aromatic carbocycles. The summed E-state index contributed by atoms with van der Waals surface area (Å²) in [6, 6.07) is 12.5. The van der Waals surface area contributed by atoms with Gasteiger partial charge in [0.25, 0.3) is 0 Å². The van der Waals surface area contributed by atoms with Gasteiger partial charge in [0, 0.05) is 17.1 Å². The number of hydrogen-bond donors (Lipinski definition) is 2. The molecule has 2 amide bonds. The lowest BCUT2D eigenvalue weighted by Gasteiger charge is -2.14. The van der Waals surface area contributed by atoms with E-state index in [1.165, 1.54) is 0 Å². The normalized spacial score (nSPS) is 16.4. The maximum absolute atomic E-state index is 12.3. The Hall–Kier alpha value is -2.53. The van der Waals surface area contributed by atoms with Gasteiger partial charge in [0.2, 0.25) is 11.8 Å². The largest absolute Gasteiger partial charge is 0.491 e. The van der Waals surface area contributed by atoms with E-state index in [9.17, 15) is 9.59 Å². The standard InChI is InChI=1S/C18H17ClN2O3/c1-11-13(19)5-4-7-14(11)20-17(22)9-12-10-24-16-8-3-2-6-15(16)21-18(12)23/h2-8,12H,9-10H2,1H3,(H,20,22)(H,21,23). The van der Waals surface area contributed by atoms with Gasteiger partial charge in [-0.1, -0.05) is 29.8 Å². The summed E-state index contributed by atoms with van der Waals surface area (Å²) in [6.45, 7) is 1.99. The van der Waals surface area contributed by atoms with E-state index in [0.717, 1.165) is 5.56 Å². The molecule has 24 heavy (non-hydrogen) atoms. The number of hydrogen-bond acceptors (Lipinski definition) is 3. The fourth-order valence-electron chi connectivity index (χ4n) is 2.52. The molecule has 0 radical (unpaired) electrons. The van der Waals surface area contributed by atoms with Gasteiger partial charge >= 0.3 is 0 Å². The number of carbonyl (C=O) groups excluding carboxylic acids is 2. The van der Waals surface area contributed by atoms with E-state index in [0.29, 0.717) is 22.1 Å². The fourth-order valence-corrected chi connectivity index (χ4v) is 2.69. The van der Waals surface area contributed by atoms with E-state index in [1.54, 1.807) is 30.3 Å². The minimum Gasteiger partial charge on any atom is -0.491 e. The van der Waals surface area contributed by atoms with Gasteiger partial charge in [-0.15, -0.1) is 0 Å². The van der Waals surface area contributed by atoms with Crippen molar-refractivity contribution in [2.24, 2.45) is 5.92 Å². The van der Waals surface area contributed by atoms with Gasteiger partial charge < -0.3 is 15.4 Å². The molecule has 1 aliphatic rings. The fraction of sp³-hybridized carbons (Fsp3) is 0.222. The first-order chi connectivity index (χ1) is 11.5. The van der Waals surface area contributed by atoms with Crippen molar-refractivity contribution in [3.63, 3.8) is 0 Å². The maximum atomic E-state index is 12.3. The molecular formula is C18H17ClN2O3. The highest BCUT2D eigenvalue weighted by Crippen LogP contribution is 2.28. The summed E-state index contributed by atoms with van der Waals surface area (Å²) >= 11 is 6.05. The highest BCUT2D eigenvalue weighted by molar-refractivity contribution is 6.31. The average molecular weight is 345 g/mol. The molecule has 0 spiro atoms. The lowest BCUT2D eigenvalue weighted by atomic mass is 10.0. The lowest BCUT2D eigenvalue weighted by molar-refractivity contribution is -0.125. The zero-order chi connectivity index (χ0) is 17.1. The van der Waals surface area contributed by atoms with E-state index in [2.05, 4.69) is 10.6 Å². The van der Waals surface area contributed by atoms with Crippen LogP contribution in [0.2, 0.25) is 5.02 Å². The van der Waals surface area contributed by atoms with Gasteiger partial charge in [0.1, 0.15) is 12.4 Å². The predicted molar refractivity (Wildman–Crippen MR) is 93.5 cm³/mol. The van der Waals surface area contributed by atoms with Gasteiger partial charge in [-0.25, -0.2) is 0 Å². The second kappa shape index (κ2) is 6.93. The minimum atomic E-state index is -0.558. The minimum absolute atomic E-state index is 0.0335. The molecule has 6 heteroatoms. The molecule has 0 saturated carbocycles. The summed E-state index contributed by atoms with van der Waals surface area (Å²) in [5.41, 5.74) is 2.06. The highest BCUT2D eigenvalue weighted by atomic mass is 35.5. The zero-order valence-corrected chi connectivity index (χ0v) is 13.9. The third-order valence-corrected chi connectivity index (χ3v) is 4.34. The number of para-hydroxylation sites is 2. The quantitative estimate of drug-likeness (QED) is 0.893. The predicted octanol–water partition coefficient (Wildman–Crippen LogP) is 3.62. The third kappa shape index (κ3) is 3.51. The Labute approximate surface area is 145 Å². The van der Waals surface area contributed by atoms with Crippen molar-refractivity contribution in [3.05, 3.63) is 53.1 Å². The number of halogens is 1. The number of amides is 2. The first kappa shape index (κ1) is 16.3. The van der Waals surface area contributed by atoms with Crippen molar-refractivity contribution in [1.29, 1.82) is 0 Å². The van der Waals surface area contributed by atoms with Crippen LogP contribution >= 0.6 is 11.6 Å². The van der Waals surface area contributed by atoms with Crippen molar-refractivity contribution < 1.29 is 14.3 Å². The van der Waals surface area contributed by atoms with Crippen LogP contribution in [0.4, 0.5) is 11.4 Å². The number of rotatable bonds is 3. The smallest absolute Gasteiger partial charge is 0.231 e. The number of ether oxygens (including phenoxy) is 1. The summed E-state index contributed by atoms with van der Waals surface area (Å²) in [6.07, 6.45) is 0.0335. The van der Waals surface area contributed by atoms with E-state index in [-0.39, 0.29) is 24.8 Å². The Bertz CT molecular complexity index is 792. The second-order valence-electron chi connectivity index (χ2n) is 5.66. The van der Waals surface area contributed by atoms with Crippen LogP contribution < -0.4 is 15.4 Å². The summed E-state index contributed by atoms with van der Waals surface area (Å²) in [4.78, 5) is 24.6. The van der Waals surface area contributed by atoms with Crippen LogP contribution in [0, 0.1) is 12.8 Å². The molecule has 2 aromatic rings. The van der Waals surface area contributed by atoms with Crippen LogP contribution in [0.25, 0.3) is 0 Å². The van der Waals surface area contributed by atoms with Gasteiger partial charge in [0.15, 0.2) is 0 Å². The van der Waals surface area contributed by atoms with Gasteiger partial charge in [-0.3, -0.25) is 9.59 Å². The Morgan fingerprint density at radius 2 is 2.08 bits per heavy atom.